The van der Waals surface area contributed by atoms with E-state index in [0.29, 0.717) is 18.5 Å². The van der Waals surface area contributed by atoms with Crippen LogP contribution in [-0.4, -0.2) is 55.2 Å². The number of nitrogens with one attached hydrogen (secondary N) is 1. The molecule has 1 heterocycles. The van der Waals surface area contributed by atoms with Crippen LogP contribution in [0.2, 0.25) is 0 Å². The molecule has 0 saturated carbocycles. The van der Waals surface area contributed by atoms with Gasteiger partial charge in [-0.05, 0) is 19.8 Å². The highest BCUT2D eigenvalue weighted by atomic mass is 16.5. The number of carbonyl (C=O) groups excluding carboxylic acids is 1. The molecule has 0 radical (unpaired) electrons. The Labute approximate surface area is 110 Å². The van der Waals surface area contributed by atoms with Crippen molar-refractivity contribution in [1.29, 1.82) is 0 Å². The van der Waals surface area contributed by atoms with Gasteiger partial charge < -0.3 is 15.8 Å². The van der Waals surface area contributed by atoms with Gasteiger partial charge in [-0.1, -0.05) is 13.8 Å². The number of nitrogens with zero attached hydrogens (tertiary/aromatic N) is 1. The van der Waals surface area contributed by atoms with E-state index in [1.807, 2.05) is 0 Å². The number of amides is 1. The molecule has 1 rings (SSSR count). The van der Waals surface area contributed by atoms with Crippen molar-refractivity contribution >= 4 is 5.91 Å². The second kappa shape index (κ2) is 6.50. The quantitative estimate of drug-likeness (QED) is 0.738. The van der Waals surface area contributed by atoms with Gasteiger partial charge in [0.2, 0.25) is 5.91 Å². The number of carbonyl (C=O) groups is 1. The maximum Gasteiger partial charge on any atom is 0.239 e. The molecule has 1 amide bonds. The second-order valence-electron chi connectivity index (χ2n) is 5.89. The summed E-state index contributed by atoms with van der Waals surface area (Å²) in [7, 11) is 0. The van der Waals surface area contributed by atoms with Gasteiger partial charge in [0, 0.05) is 25.7 Å². The van der Waals surface area contributed by atoms with Crippen LogP contribution in [-0.2, 0) is 9.53 Å². The molecule has 0 bridgehead atoms. The molecule has 0 spiro atoms. The molecule has 1 aliphatic heterocycles. The molecule has 0 aromatic heterocycles. The molecule has 1 unspecified atom stereocenters. The molecular weight excluding hydrogens is 230 g/mol. The fourth-order valence-corrected chi connectivity index (χ4v) is 2.12. The fraction of sp³-hybridized carbons (Fsp3) is 0.923. The van der Waals surface area contributed by atoms with Crippen LogP contribution < -0.4 is 11.1 Å². The summed E-state index contributed by atoms with van der Waals surface area (Å²) in [5, 5.41) is 2.95. The Morgan fingerprint density at radius 3 is 2.39 bits per heavy atom. The summed E-state index contributed by atoms with van der Waals surface area (Å²) in [5.41, 5.74) is 4.96. The lowest BCUT2D eigenvalue weighted by atomic mass is 10.0. The monoisotopic (exact) mass is 257 g/mol. The van der Waals surface area contributed by atoms with Gasteiger partial charge in [0.15, 0.2) is 0 Å². The topological polar surface area (TPSA) is 67.6 Å². The van der Waals surface area contributed by atoms with Crippen molar-refractivity contribution < 1.29 is 9.53 Å². The molecule has 18 heavy (non-hydrogen) atoms. The molecule has 1 aliphatic rings. The van der Waals surface area contributed by atoms with Crippen LogP contribution in [0.5, 0.6) is 0 Å². The van der Waals surface area contributed by atoms with E-state index in [-0.39, 0.29) is 5.91 Å². The summed E-state index contributed by atoms with van der Waals surface area (Å²) in [5.74, 6) is 0.394. The highest BCUT2D eigenvalue weighted by Crippen LogP contribution is 2.12. The van der Waals surface area contributed by atoms with E-state index in [4.69, 9.17) is 10.5 Å². The van der Waals surface area contributed by atoms with E-state index in [1.165, 1.54) is 0 Å². The minimum Gasteiger partial charge on any atom is -0.379 e. The van der Waals surface area contributed by atoms with Gasteiger partial charge in [0.05, 0.1) is 18.8 Å². The zero-order chi connectivity index (χ0) is 13.8. The zero-order valence-corrected chi connectivity index (χ0v) is 12.0. The van der Waals surface area contributed by atoms with Crippen LogP contribution in [0.15, 0.2) is 0 Å². The molecule has 3 N–H and O–H groups in total. The van der Waals surface area contributed by atoms with Gasteiger partial charge in [-0.25, -0.2) is 0 Å². The van der Waals surface area contributed by atoms with E-state index < -0.39 is 5.54 Å². The number of hydrogen-bond donors (Lipinski definition) is 2. The van der Waals surface area contributed by atoms with Gasteiger partial charge in [-0.2, -0.15) is 0 Å². The Kier molecular flexibility index (Phi) is 5.56. The standard InChI is InChI=1S/C13H27N3O2/c1-10(2)11(16-5-7-18-8-6-16)9-15-12(17)13(3,4)14/h10-11H,5-9,14H2,1-4H3,(H,15,17). The molecule has 5 heteroatoms. The van der Waals surface area contributed by atoms with Crippen LogP contribution in [0.4, 0.5) is 0 Å². The molecule has 1 fully saturated rings. The van der Waals surface area contributed by atoms with Crippen LogP contribution >= 0.6 is 0 Å². The van der Waals surface area contributed by atoms with E-state index in [9.17, 15) is 4.79 Å². The molecule has 1 atom stereocenters. The molecule has 0 aromatic rings. The molecular formula is C13H27N3O2. The van der Waals surface area contributed by atoms with Gasteiger partial charge in [-0.15, -0.1) is 0 Å². The lowest BCUT2D eigenvalue weighted by Crippen LogP contribution is -2.55. The molecule has 5 nitrogen and oxygen atoms in total. The molecule has 0 aliphatic carbocycles. The summed E-state index contributed by atoms with van der Waals surface area (Å²) in [4.78, 5) is 14.2. The third-order valence-corrected chi connectivity index (χ3v) is 3.34. The SMILES string of the molecule is CC(C)C(CNC(=O)C(C)(C)N)N1CCOCC1. The van der Waals surface area contributed by atoms with E-state index >= 15 is 0 Å². The molecule has 106 valence electrons. The van der Waals surface area contributed by atoms with Crippen molar-refractivity contribution in [2.24, 2.45) is 11.7 Å². The third kappa shape index (κ3) is 4.55. The van der Waals surface area contributed by atoms with Gasteiger partial charge in [-0.3, -0.25) is 9.69 Å². The first-order valence-electron chi connectivity index (χ1n) is 6.71. The van der Waals surface area contributed by atoms with Gasteiger partial charge in [0.25, 0.3) is 0 Å². The first-order chi connectivity index (χ1) is 8.32. The van der Waals surface area contributed by atoms with Crippen molar-refractivity contribution in [3.63, 3.8) is 0 Å². The number of nitrogens with two attached hydrogens (primary N) is 1. The van der Waals surface area contributed by atoms with Crippen molar-refractivity contribution in [3.8, 4) is 0 Å². The van der Waals surface area contributed by atoms with Crippen LogP contribution in [0.3, 0.4) is 0 Å². The Bertz CT molecular complexity index is 268. The highest BCUT2D eigenvalue weighted by Gasteiger charge is 2.27. The maximum atomic E-state index is 11.8. The Morgan fingerprint density at radius 2 is 1.94 bits per heavy atom. The number of hydrogen-bond acceptors (Lipinski definition) is 4. The second-order valence-corrected chi connectivity index (χ2v) is 5.89. The number of rotatable bonds is 5. The minimum absolute atomic E-state index is 0.0959. The maximum absolute atomic E-state index is 11.8. The van der Waals surface area contributed by atoms with Crippen molar-refractivity contribution in [3.05, 3.63) is 0 Å². The fourth-order valence-electron chi connectivity index (χ4n) is 2.12. The largest absolute Gasteiger partial charge is 0.379 e. The number of morpholine rings is 1. The predicted octanol–water partition coefficient (Wildman–Crippen LogP) is 0.197. The van der Waals surface area contributed by atoms with Crippen LogP contribution in [0.1, 0.15) is 27.7 Å². The first kappa shape index (κ1) is 15.4. The van der Waals surface area contributed by atoms with Gasteiger partial charge >= 0.3 is 0 Å². The predicted molar refractivity (Wildman–Crippen MR) is 72.3 cm³/mol. The van der Waals surface area contributed by atoms with E-state index in [2.05, 4.69) is 24.1 Å². The third-order valence-electron chi connectivity index (χ3n) is 3.34. The lowest BCUT2D eigenvalue weighted by molar-refractivity contribution is -0.125. The summed E-state index contributed by atoms with van der Waals surface area (Å²) >= 11 is 0. The highest BCUT2D eigenvalue weighted by molar-refractivity contribution is 5.85. The van der Waals surface area contributed by atoms with Gasteiger partial charge in [0.1, 0.15) is 0 Å². The van der Waals surface area contributed by atoms with E-state index in [1.54, 1.807) is 13.8 Å². The Morgan fingerprint density at radius 1 is 1.39 bits per heavy atom. The Hall–Kier alpha value is -0.650. The average Bonchev–Trinajstić information content (AvgIpc) is 2.28. The summed E-state index contributed by atoms with van der Waals surface area (Å²) in [6, 6.07) is 0.347. The zero-order valence-electron chi connectivity index (χ0n) is 12.0. The average molecular weight is 257 g/mol. The molecule has 0 aromatic carbocycles. The normalized spacial score (nSPS) is 19.9. The first-order valence-corrected chi connectivity index (χ1v) is 6.71. The van der Waals surface area contributed by atoms with Crippen molar-refractivity contribution in [2.75, 3.05) is 32.8 Å². The lowest BCUT2D eigenvalue weighted by Gasteiger charge is -2.37. The van der Waals surface area contributed by atoms with Crippen LogP contribution in [0.25, 0.3) is 0 Å². The van der Waals surface area contributed by atoms with Crippen molar-refractivity contribution in [1.82, 2.24) is 10.2 Å². The van der Waals surface area contributed by atoms with Crippen molar-refractivity contribution in [2.45, 2.75) is 39.3 Å². The minimum atomic E-state index is -0.813. The van der Waals surface area contributed by atoms with Crippen LogP contribution in [0, 0.1) is 5.92 Å². The summed E-state index contributed by atoms with van der Waals surface area (Å²) in [6.07, 6.45) is 0. The smallest absolute Gasteiger partial charge is 0.239 e. The van der Waals surface area contributed by atoms with E-state index in [0.717, 1.165) is 26.3 Å². The number of ether oxygens (including phenoxy) is 1. The summed E-state index contributed by atoms with van der Waals surface area (Å²) in [6.45, 7) is 11.9. The molecule has 1 saturated heterocycles. The summed E-state index contributed by atoms with van der Waals surface area (Å²) < 4.78 is 5.36. The Balaban J connectivity index is 2.50.